The second-order valence-corrected chi connectivity index (χ2v) is 12.1. The van der Waals surface area contributed by atoms with Crippen molar-refractivity contribution in [3.63, 3.8) is 0 Å². The SMILES string of the molecule is O=C(C1CCN(S(=O)(=O)c2cccs2)CC1)N(Cc1ccncc1)c1nc2ccc(F)cc2s1. The molecular weight excluding hydrogens is 495 g/mol. The highest BCUT2D eigenvalue weighted by atomic mass is 32.2. The Morgan fingerprint density at radius 3 is 2.62 bits per heavy atom. The molecule has 1 aromatic carbocycles. The molecule has 0 bridgehead atoms. The number of carbonyl (C=O) groups excluding carboxylic acids is 1. The molecule has 11 heteroatoms. The summed E-state index contributed by atoms with van der Waals surface area (Å²) >= 11 is 2.46. The predicted molar refractivity (Wildman–Crippen MR) is 131 cm³/mol. The third-order valence-corrected chi connectivity index (χ3v) is 10.1. The predicted octanol–water partition coefficient (Wildman–Crippen LogP) is 4.53. The third-order valence-electron chi connectivity index (χ3n) is 5.82. The van der Waals surface area contributed by atoms with Gasteiger partial charge >= 0.3 is 0 Å². The van der Waals surface area contributed by atoms with E-state index in [1.807, 2.05) is 12.1 Å². The highest BCUT2D eigenvalue weighted by Crippen LogP contribution is 2.33. The smallest absolute Gasteiger partial charge is 0.252 e. The van der Waals surface area contributed by atoms with E-state index in [1.54, 1.807) is 40.9 Å². The Labute approximate surface area is 204 Å². The van der Waals surface area contributed by atoms with Crippen LogP contribution >= 0.6 is 22.7 Å². The van der Waals surface area contributed by atoms with Gasteiger partial charge in [0, 0.05) is 31.4 Å². The highest BCUT2D eigenvalue weighted by Gasteiger charge is 2.35. The summed E-state index contributed by atoms with van der Waals surface area (Å²) in [5.41, 5.74) is 1.53. The summed E-state index contributed by atoms with van der Waals surface area (Å²) in [5.74, 6) is -0.793. The molecule has 34 heavy (non-hydrogen) atoms. The van der Waals surface area contributed by atoms with E-state index in [0.29, 0.717) is 38.9 Å². The number of thiophene rings is 1. The van der Waals surface area contributed by atoms with Crippen LogP contribution in [0.15, 0.2) is 64.4 Å². The van der Waals surface area contributed by atoms with Gasteiger partial charge in [-0.05, 0) is 60.2 Å². The number of hydrogen-bond donors (Lipinski definition) is 0. The Hall–Kier alpha value is -2.73. The van der Waals surface area contributed by atoms with Gasteiger partial charge in [-0.25, -0.2) is 17.8 Å². The van der Waals surface area contributed by atoms with E-state index in [1.165, 1.54) is 39.1 Å². The summed E-state index contributed by atoms with van der Waals surface area (Å²) in [6, 6.07) is 11.4. The maximum absolute atomic E-state index is 13.7. The van der Waals surface area contributed by atoms with Gasteiger partial charge in [-0.3, -0.25) is 14.7 Å². The van der Waals surface area contributed by atoms with Crippen molar-refractivity contribution in [2.24, 2.45) is 5.92 Å². The minimum Gasteiger partial charge on any atom is -0.283 e. The van der Waals surface area contributed by atoms with Crippen LogP contribution in [0, 0.1) is 11.7 Å². The molecule has 0 radical (unpaired) electrons. The molecule has 0 aliphatic carbocycles. The Balaban J connectivity index is 1.38. The van der Waals surface area contributed by atoms with Gasteiger partial charge < -0.3 is 0 Å². The summed E-state index contributed by atoms with van der Waals surface area (Å²) in [6.07, 6.45) is 4.19. The number of pyridine rings is 1. The first-order valence-electron chi connectivity index (χ1n) is 10.7. The summed E-state index contributed by atoms with van der Waals surface area (Å²) < 4.78 is 41.8. The molecule has 0 spiro atoms. The lowest BCUT2D eigenvalue weighted by Crippen LogP contribution is -2.44. The standard InChI is InChI=1S/C23H21FN4O3S3/c24-18-3-4-19-20(14-18)33-23(26-19)28(15-16-5-9-25-10-6-16)22(29)17-7-11-27(12-8-17)34(30,31)21-2-1-13-32-21/h1-6,9-10,13-14,17H,7-8,11-12,15H2. The molecule has 5 rings (SSSR count). The fourth-order valence-corrected chi connectivity index (χ4v) is 7.62. The number of rotatable bonds is 6. The molecular formula is C23H21FN4O3S3. The average molecular weight is 517 g/mol. The van der Waals surface area contributed by atoms with Crippen molar-refractivity contribution in [1.82, 2.24) is 14.3 Å². The maximum atomic E-state index is 13.7. The molecule has 4 aromatic rings. The summed E-state index contributed by atoms with van der Waals surface area (Å²) in [7, 11) is -3.54. The van der Waals surface area contributed by atoms with E-state index >= 15 is 0 Å². The van der Waals surface area contributed by atoms with E-state index in [0.717, 1.165) is 5.56 Å². The number of halogens is 1. The zero-order chi connectivity index (χ0) is 23.7. The van der Waals surface area contributed by atoms with Crippen LogP contribution in [0.4, 0.5) is 9.52 Å². The van der Waals surface area contributed by atoms with Crippen molar-refractivity contribution < 1.29 is 17.6 Å². The van der Waals surface area contributed by atoms with Crippen molar-refractivity contribution in [3.05, 3.63) is 71.6 Å². The highest BCUT2D eigenvalue weighted by molar-refractivity contribution is 7.91. The first-order valence-corrected chi connectivity index (χ1v) is 13.9. The lowest BCUT2D eigenvalue weighted by atomic mass is 9.96. The monoisotopic (exact) mass is 516 g/mol. The van der Waals surface area contributed by atoms with Crippen LogP contribution in [0.1, 0.15) is 18.4 Å². The zero-order valence-electron chi connectivity index (χ0n) is 18.0. The van der Waals surface area contributed by atoms with Crippen LogP contribution in [-0.4, -0.2) is 41.7 Å². The fraction of sp³-hybridized carbons (Fsp3) is 0.261. The minimum absolute atomic E-state index is 0.107. The first kappa shape index (κ1) is 23.0. The van der Waals surface area contributed by atoms with Gasteiger partial charge in [0.25, 0.3) is 10.0 Å². The first-order chi connectivity index (χ1) is 16.4. The van der Waals surface area contributed by atoms with Crippen molar-refractivity contribution in [2.45, 2.75) is 23.6 Å². The van der Waals surface area contributed by atoms with E-state index in [4.69, 9.17) is 0 Å². The number of thiazole rings is 1. The van der Waals surface area contributed by atoms with E-state index < -0.39 is 10.0 Å². The molecule has 3 aromatic heterocycles. The van der Waals surface area contributed by atoms with Crippen molar-refractivity contribution in [1.29, 1.82) is 0 Å². The van der Waals surface area contributed by atoms with Gasteiger partial charge in [0.2, 0.25) is 5.91 Å². The molecule has 1 saturated heterocycles. The van der Waals surface area contributed by atoms with Crippen molar-refractivity contribution >= 4 is 54.0 Å². The molecule has 1 amide bonds. The quantitative estimate of drug-likeness (QED) is 0.376. The summed E-state index contributed by atoms with van der Waals surface area (Å²) in [6.45, 7) is 0.868. The normalized spacial score (nSPS) is 15.6. The van der Waals surface area contributed by atoms with Crippen LogP contribution in [-0.2, 0) is 21.4 Å². The van der Waals surface area contributed by atoms with Crippen LogP contribution < -0.4 is 4.90 Å². The lowest BCUT2D eigenvalue weighted by molar-refractivity contribution is -0.123. The second kappa shape index (κ2) is 9.49. The van der Waals surface area contributed by atoms with Gasteiger partial charge in [-0.15, -0.1) is 11.3 Å². The van der Waals surface area contributed by atoms with E-state index in [9.17, 15) is 17.6 Å². The largest absolute Gasteiger partial charge is 0.283 e. The molecule has 0 atom stereocenters. The number of benzene rings is 1. The summed E-state index contributed by atoms with van der Waals surface area (Å²) in [5, 5.41) is 2.24. The van der Waals surface area contributed by atoms with E-state index in [-0.39, 0.29) is 30.7 Å². The molecule has 1 fully saturated rings. The molecule has 1 aliphatic heterocycles. The Kier molecular flexibility index (Phi) is 6.43. The Morgan fingerprint density at radius 1 is 1.15 bits per heavy atom. The number of anilines is 1. The topological polar surface area (TPSA) is 83.5 Å². The number of nitrogens with zero attached hydrogens (tertiary/aromatic N) is 4. The number of piperidine rings is 1. The van der Waals surface area contributed by atoms with Crippen LogP contribution in [0.25, 0.3) is 10.2 Å². The Bertz CT molecular complexity index is 1400. The summed E-state index contributed by atoms with van der Waals surface area (Å²) in [4.78, 5) is 23.9. The second-order valence-electron chi connectivity index (χ2n) is 8.00. The van der Waals surface area contributed by atoms with Crippen LogP contribution in [0.3, 0.4) is 0 Å². The lowest BCUT2D eigenvalue weighted by Gasteiger charge is -2.32. The molecule has 176 valence electrons. The number of aromatic nitrogens is 2. The minimum atomic E-state index is -3.54. The van der Waals surface area contributed by atoms with Crippen LogP contribution in [0.2, 0.25) is 0 Å². The fourth-order valence-electron chi connectivity index (χ4n) is 4.01. The molecule has 1 aliphatic rings. The van der Waals surface area contributed by atoms with Gasteiger partial charge in [0.1, 0.15) is 10.0 Å². The average Bonchev–Trinajstić information content (AvgIpc) is 3.53. The van der Waals surface area contributed by atoms with Gasteiger partial charge in [-0.1, -0.05) is 17.4 Å². The maximum Gasteiger partial charge on any atom is 0.252 e. The van der Waals surface area contributed by atoms with Gasteiger partial charge in [0.05, 0.1) is 16.8 Å². The molecule has 0 unspecified atom stereocenters. The number of amides is 1. The van der Waals surface area contributed by atoms with Gasteiger partial charge in [0.15, 0.2) is 5.13 Å². The third kappa shape index (κ3) is 4.61. The molecule has 7 nitrogen and oxygen atoms in total. The number of sulfonamides is 1. The Morgan fingerprint density at radius 2 is 1.91 bits per heavy atom. The molecule has 0 N–H and O–H groups in total. The van der Waals surface area contributed by atoms with Crippen molar-refractivity contribution in [2.75, 3.05) is 18.0 Å². The number of carbonyl (C=O) groups is 1. The molecule has 0 saturated carbocycles. The van der Waals surface area contributed by atoms with Crippen molar-refractivity contribution in [3.8, 4) is 0 Å². The molecule has 4 heterocycles. The van der Waals surface area contributed by atoms with E-state index in [2.05, 4.69) is 9.97 Å². The zero-order valence-corrected chi connectivity index (χ0v) is 20.5. The van der Waals surface area contributed by atoms with Crippen LogP contribution in [0.5, 0.6) is 0 Å². The number of fused-ring (bicyclic) bond motifs is 1. The van der Waals surface area contributed by atoms with Gasteiger partial charge in [-0.2, -0.15) is 4.31 Å². The number of hydrogen-bond acceptors (Lipinski definition) is 7.